The van der Waals surface area contributed by atoms with Gasteiger partial charge in [-0.2, -0.15) is 0 Å². The van der Waals surface area contributed by atoms with Crippen molar-refractivity contribution in [3.63, 3.8) is 0 Å². The largest absolute Gasteiger partial charge is 0.468 e. The first kappa shape index (κ1) is 9.45. The van der Waals surface area contributed by atoms with E-state index in [2.05, 4.69) is 4.74 Å². The number of carbonyl (C=O) groups excluding carboxylic acids is 1. The molecule has 0 spiro atoms. The molecule has 3 nitrogen and oxygen atoms in total. The Balaban J connectivity index is 2.72. The maximum absolute atomic E-state index is 13.3. The van der Waals surface area contributed by atoms with E-state index in [4.69, 9.17) is 4.74 Å². The van der Waals surface area contributed by atoms with E-state index in [-0.39, 0.29) is 13.0 Å². The summed E-state index contributed by atoms with van der Waals surface area (Å²) in [6, 6.07) is 0. The number of hydrogen-bond acceptors (Lipinski definition) is 3. The number of halogens is 1. The van der Waals surface area contributed by atoms with Crippen molar-refractivity contribution >= 4 is 5.97 Å². The summed E-state index contributed by atoms with van der Waals surface area (Å²) in [6.45, 7) is 2.03. The summed E-state index contributed by atoms with van der Waals surface area (Å²) in [5, 5.41) is 0. The predicted molar refractivity (Wildman–Crippen MR) is 40.5 cm³/mol. The van der Waals surface area contributed by atoms with Crippen LogP contribution in [0.2, 0.25) is 0 Å². The highest BCUT2D eigenvalue weighted by molar-refractivity contribution is 5.77. The summed E-state index contributed by atoms with van der Waals surface area (Å²) in [5.41, 5.74) is -1.10. The van der Waals surface area contributed by atoms with Crippen molar-refractivity contribution < 1.29 is 18.7 Å². The van der Waals surface area contributed by atoms with E-state index in [1.54, 1.807) is 0 Å². The van der Waals surface area contributed by atoms with Gasteiger partial charge in [0.2, 0.25) is 0 Å². The lowest BCUT2D eigenvalue weighted by atomic mass is 9.83. The highest BCUT2D eigenvalue weighted by Gasteiger charge is 2.45. The molecule has 12 heavy (non-hydrogen) atoms. The van der Waals surface area contributed by atoms with Gasteiger partial charge in [-0.15, -0.1) is 0 Å². The maximum Gasteiger partial charge on any atom is 0.316 e. The molecule has 0 aliphatic carbocycles. The van der Waals surface area contributed by atoms with Gasteiger partial charge in [0.25, 0.3) is 0 Å². The molecule has 1 rings (SSSR count). The zero-order chi connectivity index (χ0) is 9.19. The molecule has 2 unspecified atom stereocenters. The van der Waals surface area contributed by atoms with Crippen molar-refractivity contribution in [2.75, 3.05) is 20.3 Å². The molecule has 0 radical (unpaired) electrons. The van der Waals surface area contributed by atoms with Crippen molar-refractivity contribution in [2.45, 2.75) is 19.5 Å². The lowest BCUT2D eigenvalue weighted by Gasteiger charge is -2.33. The van der Waals surface area contributed by atoms with Crippen LogP contribution in [-0.2, 0) is 14.3 Å². The van der Waals surface area contributed by atoms with Crippen LogP contribution in [0, 0.1) is 5.41 Å². The Morgan fingerprint density at radius 1 is 1.75 bits per heavy atom. The van der Waals surface area contributed by atoms with E-state index < -0.39 is 17.6 Å². The number of methoxy groups -OCH3 is 1. The third-order valence-corrected chi connectivity index (χ3v) is 2.26. The van der Waals surface area contributed by atoms with Gasteiger partial charge >= 0.3 is 5.97 Å². The Kier molecular flexibility index (Phi) is 2.67. The van der Waals surface area contributed by atoms with Gasteiger partial charge in [0, 0.05) is 13.0 Å². The molecule has 1 aliphatic heterocycles. The number of rotatable bonds is 1. The molecule has 0 bridgehead atoms. The molecule has 0 aromatic heterocycles. The third kappa shape index (κ3) is 1.43. The normalized spacial score (nSPS) is 36.1. The second-order valence-electron chi connectivity index (χ2n) is 3.22. The highest BCUT2D eigenvalue weighted by atomic mass is 19.1. The van der Waals surface area contributed by atoms with Crippen LogP contribution in [-0.4, -0.2) is 32.5 Å². The van der Waals surface area contributed by atoms with Gasteiger partial charge < -0.3 is 9.47 Å². The van der Waals surface area contributed by atoms with Crippen molar-refractivity contribution in [3.05, 3.63) is 0 Å². The number of carbonyl (C=O) groups is 1. The van der Waals surface area contributed by atoms with Gasteiger partial charge in [0.15, 0.2) is 0 Å². The van der Waals surface area contributed by atoms with E-state index >= 15 is 0 Å². The molecule has 0 aromatic rings. The average molecular weight is 176 g/mol. The van der Waals surface area contributed by atoms with Gasteiger partial charge in [0.05, 0.1) is 13.7 Å². The second kappa shape index (κ2) is 3.39. The molecule has 0 saturated carbocycles. The van der Waals surface area contributed by atoms with Crippen molar-refractivity contribution in [1.82, 2.24) is 0 Å². The van der Waals surface area contributed by atoms with Gasteiger partial charge in [-0.25, -0.2) is 4.39 Å². The van der Waals surface area contributed by atoms with Crippen molar-refractivity contribution in [3.8, 4) is 0 Å². The van der Waals surface area contributed by atoms with Crippen molar-refractivity contribution in [2.24, 2.45) is 5.41 Å². The Morgan fingerprint density at radius 3 is 2.92 bits per heavy atom. The van der Waals surface area contributed by atoms with E-state index in [1.807, 2.05) is 0 Å². The summed E-state index contributed by atoms with van der Waals surface area (Å²) in [5.74, 6) is -0.533. The molecule has 2 atom stereocenters. The summed E-state index contributed by atoms with van der Waals surface area (Å²) >= 11 is 0. The summed E-state index contributed by atoms with van der Waals surface area (Å²) in [7, 11) is 1.26. The third-order valence-electron chi connectivity index (χ3n) is 2.26. The summed E-state index contributed by atoms with van der Waals surface area (Å²) in [6.07, 6.45) is -0.885. The fraction of sp³-hybridized carbons (Fsp3) is 0.875. The molecular weight excluding hydrogens is 163 g/mol. The van der Waals surface area contributed by atoms with E-state index in [0.717, 1.165) is 0 Å². The minimum absolute atomic E-state index is 0.112. The quantitative estimate of drug-likeness (QED) is 0.557. The molecule has 1 heterocycles. The minimum Gasteiger partial charge on any atom is -0.468 e. The zero-order valence-corrected chi connectivity index (χ0v) is 7.30. The molecule has 4 heteroatoms. The highest BCUT2D eigenvalue weighted by Crippen LogP contribution is 2.32. The van der Waals surface area contributed by atoms with Crippen LogP contribution in [0.25, 0.3) is 0 Å². The Bertz CT molecular complexity index is 183. The number of ether oxygens (including phenoxy) is 2. The van der Waals surface area contributed by atoms with Gasteiger partial charge in [-0.3, -0.25) is 4.79 Å². The van der Waals surface area contributed by atoms with Crippen LogP contribution in [0.3, 0.4) is 0 Å². The fourth-order valence-electron chi connectivity index (χ4n) is 1.30. The molecule has 0 aromatic carbocycles. The average Bonchev–Trinajstić information content (AvgIpc) is 2.09. The van der Waals surface area contributed by atoms with Gasteiger partial charge in [0.1, 0.15) is 11.6 Å². The molecule has 1 aliphatic rings. The first-order chi connectivity index (χ1) is 5.61. The zero-order valence-electron chi connectivity index (χ0n) is 7.30. The number of alkyl halides is 1. The van der Waals surface area contributed by atoms with Crippen LogP contribution < -0.4 is 0 Å². The van der Waals surface area contributed by atoms with E-state index in [0.29, 0.717) is 6.61 Å². The number of esters is 1. The smallest absolute Gasteiger partial charge is 0.316 e. The molecule has 1 fully saturated rings. The lowest BCUT2D eigenvalue weighted by molar-refractivity contribution is -0.166. The fourth-order valence-corrected chi connectivity index (χ4v) is 1.30. The Labute approximate surface area is 70.8 Å². The van der Waals surface area contributed by atoms with Crippen LogP contribution >= 0.6 is 0 Å². The van der Waals surface area contributed by atoms with Crippen LogP contribution in [0.4, 0.5) is 4.39 Å². The molecule has 0 amide bonds. The molecule has 70 valence electrons. The summed E-state index contributed by atoms with van der Waals surface area (Å²) < 4.78 is 22.8. The van der Waals surface area contributed by atoms with Crippen LogP contribution in [0.15, 0.2) is 0 Å². The second-order valence-corrected chi connectivity index (χ2v) is 3.22. The standard InChI is InChI=1S/C8H13FO3/c1-8(7(10)11-2)5-12-4-3-6(8)9/h6H,3-5H2,1-2H3. The van der Waals surface area contributed by atoms with Crippen molar-refractivity contribution in [1.29, 1.82) is 0 Å². The van der Waals surface area contributed by atoms with E-state index in [9.17, 15) is 9.18 Å². The molecular formula is C8H13FO3. The van der Waals surface area contributed by atoms with Crippen LogP contribution in [0.1, 0.15) is 13.3 Å². The molecule has 0 N–H and O–H groups in total. The topological polar surface area (TPSA) is 35.5 Å². The van der Waals surface area contributed by atoms with E-state index in [1.165, 1.54) is 14.0 Å². The monoisotopic (exact) mass is 176 g/mol. The van der Waals surface area contributed by atoms with Crippen LogP contribution in [0.5, 0.6) is 0 Å². The van der Waals surface area contributed by atoms with Gasteiger partial charge in [-0.05, 0) is 6.92 Å². The first-order valence-electron chi connectivity index (χ1n) is 3.91. The summed E-state index contributed by atoms with van der Waals surface area (Å²) in [4.78, 5) is 11.2. The lowest BCUT2D eigenvalue weighted by Crippen LogP contribution is -2.46. The maximum atomic E-state index is 13.3. The first-order valence-corrected chi connectivity index (χ1v) is 3.91. The number of hydrogen-bond donors (Lipinski definition) is 0. The molecule has 1 saturated heterocycles. The minimum atomic E-state index is -1.15. The Morgan fingerprint density at radius 2 is 2.42 bits per heavy atom. The Hall–Kier alpha value is -0.640. The predicted octanol–water partition coefficient (Wildman–Crippen LogP) is 0.924. The SMILES string of the molecule is COC(=O)C1(C)COCCC1F. The van der Waals surface area contributed by atoms with Gasteiger partial charge in [-0.1, -0.05) is 0 Å².